The highest BCUT2D eigenvalue weighted by Gasteiger charge is 2.32. The first-order valence-corrected chi connectivity index (χ1v) is 4.93. The molecule has 0 amide bonds. The van der Waals surface area contributed by atoms with Crippen LogP contribution in [0.4, 0.5) is 0 Å². The van der Waals surface area contributed by atoms with Crippen LogP contribution >= 0.6 is 0 Å². The van der Waals surface area contributed by atoms with Gasteiger partial charge in [-0.05, 0) is 31.2 Å². The van der Waals surface area contributed by atoms with Crippen molar-refractivity contribution >= 4 is 5.97 Å². The summed E-state index contributed by atoms with van der Waals surface area (Å²) in [5.41, 5.74) is -1.18. The van der Waals surface area contributed by atoms with E-state index >= 15 is 0 Å². The number of nitrogens with zero attached hydrogens (tertiary/aromatic N) is 1. The molecule has 0 saturated heterocycles. The minimum Gasteiger partial charge on any atom is -0.490 e. The third-order valence-corrected chi connectivity index (χ3v) is 2.13. The highest BCUT2D eigenvalue weighted by molar-refractivity contribution is 5.78. The number of methoxy groups -OCH3 is 1. The number of rotatable bonds is 4. The molecular weight excluding hydrogens is 222 g/mol. The van der Waals surface area contributed by atoms with Gasteiger partial charge in [-0.1, -0.05) is 0 Å². The van der Waals surface area contributed by atoms with Crippen LogP contribution in [-0.4, -0.2) is 30.4 Å². The molecule has 0 aromatic heterocycles. The Kier molecular flexibility index (Phi) is 4.07. The molecule has 5 heteroatoms. The van der Waals surface area contributed by atoms with Gasteiger partial charge < -0.3 is 14.6 Å². The van der Waals surface area contributed by atoms with E-state index in [-0.39, 0.29) is 6.61 Å². The van der Waals surface area contributed by atoms with E-state index in [2.05, 4.69) is 4.74 Å². The van der Waals surface area contributed by atoms with Crippen molar-refractivity contribution in [2.45, 2.75) is 12.5 Å². The predicted octanol–water partition coefficient (Wildman–Crippen LogP) is 0.861. The van der Waals surface area contributed by atoms with E-state index in [1.54, 1.807) is 24.3 Å². The first-order valence-electron chi connectivity index (χ1n) is 4.93. The third-order valence-electron chi connectivity index (χ3n) is 2.13. The van der Waals surface area contributed by atoms with Crippen molar-refractivity contribution in [3.63, 3.8) is 0 Å². The van der Waals surface area contributed by atoms with Crippen molar-refractivity contribution in [3.8, 4) is 11.8 Å². The molecule has 1 aromatic rings. The number of nitriles is 1. The molecule has 0 radical (unpaired) electrons. The summed E-state index contributed by atoms with van der Waals surface area (Å²) < 4.78 is 9.66. The van der Waals surface area contributed by atoms with Crippen molar-refractivity contribution in [3.05, 3.63) is 29.8 Å². The summed E-state index contributed by atoms with van der Waals surface area (Å²) in [5, 5.41) is 18.3. The molecule has 1 rings (SSSR count). The monoisotopic (exact) mass is 235 g/mol. The standard InChI is InChI=1S/C12H13NO4/c1-12(15,11(14)16-2)8-17-10-5-3-9(7-13)4-6-10/h3-6,15H,8H2,1-2H3. The van der Waals surface area contributed by atoms with Gasteiger partial charge in [-0.15, -0.1) is 0 Å². The molecule has 0 fully saturated rings. The quantitative estimate of drug-likeness (QED) is 0.783. The fourth-order valence-electron chi connectivity index (χ4n) is 1.13. The first-order chi connectivity index (χ1) is 7.99. The highest BCUT2D eigenvalue weighted by atomic mass is 16.6. The van der Waals surface area contributed by atoms with Gasteiger partial charge in [-0.2, -0.15) is 5.26 Å². The molecule has 1 unspecified atom stereocenters. The Morgan fingerprint density at radius 1 is 1.47 bits per heavy atom. The molecule has 0 bridgehead atoms. The zero-order valence-electron chi connectivity index (χ0n) is 9.64. The second kappa shape index (κ2) is 5.32. The van der Waals surface area contributed by atoms with Gasteiger partial charge in [0, 0.05) is 0 Å². The number of esters is 1. The summed E-state index contributed by atoms with van der Waals surface area (Å²) >= 11 is 0. The predicted molar refractivity (Wildman–Crippen MR) is 59.3 cm³/mol. The molecule has 5 nitrogen and oxygen atoms in total. The summed E-state index contributed by atoms with van der Waals surface area (Å²) in [4.78, 5) is 11.2. The lowest BCUT2D eigenvalue weighted by Crippen LogP contribution is -2.42. The molecule has 90 valence electrons. The van der Waals surface area contributed by atoms with Gasteiger partial charge >= 0.3 is 5.97 Å². The molecule has 0 saturated carbocycles. The minimum atomic E-state index is -1.69. The minimum absolute atomic E-state index is 0.217. The Balaban J connectivity index is 2.61. The van der Waals surface area contributed by atoms with Gasteiger partial charge in [0.2, 0.25) is 0 Å². The average molecular weight is 235 g/mol. The highest BCUT2D eigenvalue weighted by Crippen LogP contribution is 2.14. The van der Waals surface area contributed by atoms with Crippen LogP contribution in [-0.2, 0) is 9.53 Å². The second-order valence-corrected chi connectivity index (χ2v) is 3.69. The Labute approximate surface area is 99.2 Å². The van der Waals surface area contributed by atoms with E-state index in [9.17, 15) is 9.90 Å². The topological polar surface area (TPSA) is 79.6 Å². The number of carbonyl (C=O) groups is 1. The SMILES string of the molecule is COC(=O)C(C)(O)COc1ccc(C#N)cc1. The molecule has 0 spiro atoms. The molecule has 0 heterocycles. The van der Waals surface area contributed by atoms with Gasteiger partial charge in [-0.25, -0.2) is 4.79 Å². The lowest BCUT2D eigenvalue weighted by molar-refractivity contribution is -0.163. The van der Waals surface area contributed by atoms with E-state index < -0.39 is 11.6 Å². The van der Waals surface area contributed by atoms with Crippen molar-refractivity contribution in [2.75, 3.05) is 13.7 Å². The van der Waals surface area contributed by atoms with Crippen molar-refractivity contribution in [1.82, 2.24) is 0 Å². The number of hydrogen-bond donors (Lipinski definition) is 1. The molecule has 1 N–H and O–H groups in total. The zero-order chi connectivity index (χ0) is 12.9. The third kappa shape index (κ3) is 3.47. The lowest BCUT2D eigenvalue weighted by atomic mass is 10.1. The molecule has 0 aliphatic heterocycles. The maximum atomic E-state index is 11.2. The van der Waals surface area contributed by atoms with Crippen LogP contribution in [0.5, 0.6) is 5.75 Å². The fourth-order valence-corrected chi connectivity index (χ4v) is 1.13. The van der Waals surface area contributed by atoms with E-state index in [1.165, 1.54) is 14.0 Å². The lowest BCUT2D eigenvalue weighted by Gasteiger charge is -2.20. The number of benzene rings is 1. The molecule has 0 aliphatic rings. The van der Waals surface area contributed by atoms with Crippen molar-refractivity contribution in [2.24, 2.45) is 0 Å². The van der Waals surface area contributed by atoms with Crippen LogP contribution in [0.25, 0.3) is 0 Å². The maximum absolute atomic E-state index is 11.2. The van der Waals surface area contributed by atoms with E-state index in [0.29, 0.717) is 11.3 Å². The van der Waals surface area contributed by atoms with Gasteiger partial charge in [0.1, 0.15) is 12.4 Å². The molecule has 1 aromatic carbocycles. The average Bonchev–Trinajstić information content (AvgIpc) is 2.36. The van der Waals surface area contributed by atoms with Gasteiger partial charge in [0.15, 0.2) is 5.60 Å². The first kappa shape index (κ1) is 13.0. The Morgan fingerprint density at radius 2 is 2.06 bits per heavy atom. The van der Waals surface area contributed by atoms with Crippen LogP contribution in [0.1, 0.15) is 12.5 Å². The molecule has 17 heavy (non-hydrogen) atoms. The summed E-state index contributed by atoms with van der Waals surface area (Å²) in [6, 6.07) is 8.32. The van der Waals surface area contributed by atoms with Gasteiger partial charge in [0.05, 0.1) is 18.7 Å². The Hall–Kier alpha value is -2.06. The Bertz CT molecular complexity index is 431. The smallest absolute Gasteiger partial charge is 0.341 e. The van der Waals surface area contributed by atoms with Crippen LogP contribution in [0.2, 0.25) is 0 Å². The van der Waals surface area contributed by atoms with E-state index in [1.807, 2.05) is 6.07 Å². The second-order valence-electron chi connectivity index (χ2n) is 3.69. The zero-order valence-corrected chi connectivity index (χ0v) is 9.64. The van der Waals surface area contributed by atoms with Crippen LogP contribution in [0.15, 0.2) is 24.3 Å². The summed E-state index contributed by atoms with van der Waals surface area (Å²) in [7, 11) is 1.19. The van der Waals surface area contributed by atoms with Crippen LogP contribution in [0, 0.1) is 11.3 Å². The number of aliphatic hydroxyl groups is 1. The number of ether oxygens (including phenoxy) is 2. The van der Waals surface area contributed by atoms with Crippen molar-refractivity contribution < 1.29 is 19.4 Å². The largest absolute Gasteiger partial charge is 0.490 e. The normalized spacial score (nSPS) is 13.3. The number of hydrogen-bond acceptors (Lipinski definition) is 5. The molecular formula is C12H13NO4. The van der Waals surface area contributed by atoms with Crippen molar-refractivity contribution in [1.29, 1.82) is 5.26 Å². The summed E-state index contributed by atoms with van der Waals surface area (Å²) in [5.74, 6) is -0.292. The van der Waals surface area contributed by atoms with Crippen LogP contribution in [0.3, 0.4) is 0 Å². The van der Waals surface area contributed by atoms with E-state index in [0.717, 1.165) is 0 Å². The maximum Gasteiger partial charge on any atom is 0.341 e. The van der Waals surface area contributed by atoms with Gasteiger partial charge in [0.25, 0.3) is 0 Å². The Morgan fingerprint density at radius 3 is 2.53 bits per heavy atom. The summed E-state index contributed by atoms with van der Waals surface area (Å²) in [6.07, 6.45) is 0. The molecule has 0 aliphatic carbocycles. The van der Waals surface area contributed by atoms with Crippen LogP contribution < -0.4 is 4.74 Å². The van der Waals surface area contributed by atoms with E-state index in [4.69, 9.17) is 10.00 Å². The van der Waals surface area contributed by atoms with Gasteiger partial charge in [-0.3, -0.25) is 0 Å². The fraction of sp³-hybridized carbons (Fsp3) is 0.333. The number of carbonyl (C=O) groups excluding carboxylic acids is 1. The summed E-state index contributed by atoms with van der Waals surface area (Å²) in [6.45, 7) is 1.09. The molecule has 1 atom stereocenters.